The lowest BCUT2D eigenvalue weighted by atomic mass is 9.77. The summed E-state index contributed by atoms with van der Waals surface area (Å²) in [4.78, 5) is 85.5. The van der Waals surface area contributed by atoms with Gasteiger partial charge in [0.15, 0.2) is 5.82 Å². The van der Waals surface area contributed by atoms with Crippen LogP contribution >= 0.6 is 0 Å². The summed E-state index contributed by atoms with van der Waals surface area (Å²) in [6.45, 7) is 9.44. The molecule has 4 saturated heterocycles. The first-order valence-corrected chi connectivity index (χ1v) is 20.4. The van der Waals surface area contributed by atoms with Crippen LogP contribution in [0, 0.1) is 5.41 Å². The Bertz CT molecular complexity index is 2400. The topological polar surface area (TPSA) is 170 Å². The highest BCUT2D eigenvalue weighted by Crippen LogP contribution is 2.45. The van der Waals surface area contributed by atoms with E-state index in [1.807, 2.05) is 41.8 Å². The normalized spacial score (nSPS) is 22.8. The fourth-order valence-electron chi connectivity index (χ4n) is 9.93. The van der Waals surface area contributed by atoms with Gasteiger partial charge in [-0.25, -0.2) is 9.97 Å². The SMILES string of the molecule is CCn1cnnc1-c1cccc(N2Cc3c(cc(N4CCC[C@H]4C)nc3N3CCC4(CCN(c5ccc6c(c5)C(=O)N(C5CCC(=O)NC5=O)C6=O)C4)CC3)C2=O)n1. The van der Waals surface area contributed by atoms with Crippen LogP contribution in [0.5, 0.6) is 0 Å². The minimum Gasteiger partial charge on any atom is -0.371 e. The number of amides is 5. The first-order chi connectivity index (χ1) is 28.1. The zero-order chi connectivity index (χ0) is 39.9. The molecule has 4 fully saturated rings. The second kappa shape index (κ2) is 13.7. The third-order valence-electron chi connectivity index (χ3n) is 13.3. The van der Waals surface area contributed by atoms with Gasteiger partial charge in [0.1, 0.15) is 35.5 Å². The van der Waals surface area contributed by atoms with E-state index in [0.717, 1.165) is 92.6 Å². The van der Waals surface area contributed by atoms with Gasteiger partial charge in [0.2, 0.25) is 11.8 Å². The predicted molar refractivity (Wildman–Crippen MR) is 214 cm³/mol. The van der Waals surface area contributed by atoms with Crippen molar-refractivity contribution in [2.45, 2.75) is 84.0 Å². The van der Waals surface area contributed by atoms with Crippen LogP contribution in [-0.4, -0.2) is 104 Å². The molecule has 1 unspecified atom stereocenters. The van der Waals surface area contributed by atoms with Crippen LogP contribution in [0.3, 0.4) is 0 Å². The highest BCUT2D eigenvalue weighted by molar-refractivity contribution is 6.23. The van der Waals surface area contributed by atoms with Crippen molar-refractivity contribution in [1.82, 2.24) is 34.9 Å². The number of benzene rings is 1. The fraction of sp³-hybridized carbons (Fsp3) is 0.452. The molecular formula is C42H45N11O5. The molecule has 1 spiro atoms. The van der Waals surface area contributed by atoms with Crippen LogP contribution in [0.25, 0.3) is 11.5 Å². The summed E-state index contributed by atoms with van der Waals surface area (Å²) >= 11 is 0. The quantitative estimate of drug-likeness (QED) is 0.270. The van der Waals surface area contributed by atoms with Gasteiger partial charge in [-0.1, -0.05) is 6.07 Å². The van der Waals surface area contributed by atoms with Crippen LogP contribution in [0.4, 0.5) is 23.1 Å². The van der Waals surface area contributed by atoms with E-state index in [1.165, 1.54) is 0 Å². The number of carbonyl (C=O) groups excluding carboxylic acids is 5. The second-order valence-electron chi connectivity index (χ2n) is 16.6. The number of piperidine rings is 2. The first kappa shape index (κ1) is 36.2. The molecule has 3 aromatic heterocycles. The molecule has 1 aromatic carbocycles. The minimum absolute atomic E-state index is 0.0591. The van der Waals surface area contributed by atoms with Gasteiger partial charge in [0.25, 0.3) is 17.7 Å². The summed E-state index contributed by atoms with van der Waals surface area (Å²) in [5, 5.41) is 10.6. The van der Waals surface area contributed by atoms with Crippen molar-refractivity contribution < 1.29 is 24.0 Å². The van der Waals surface area contributed by atoms with Crippen molar-refractivity contribution in [2.24, 2.45) is 5.41 Å². The number of imide groups is 2. The van der Waals surface area contributed by atoms with Crippen molar-refractivity contribution in [1.29, 1.82) is 0 Å². The molecule has 58 heavy (non-hydrogen) atoms. The zero-order valence-electron chi connectivity index (χ0n) is 32.7. The number of rotatable bonds is 7. The number of hydrogen-bond acceptors (Lipinski definition) is 12. The molecule has 0 bridgehead atoms. The summed E-state index contributed by atoms with van der Waals surface area (Å²) < 4.78 is 1.93. The Hall–Kier alpha value is -6.19. The van der Waals surface area contributed by atoms with Gasteiger partial charge in [-0.15, -0.1) is 10.2 Å². The highest BCUT2D eigenvalue weighted by Gasteiger charge is 2.46. The van der Waals surface area contributed by atoms with E-state index in [0.29, 0.717) is 47.6 Å². The first-order valence-electron chi connectivity index (χ1n) is 20.4. The molecule has 0 radical (unpaired) electrons. The number of nitrogens with one attached hydrogen (secondary N) is 1. The standard InChI is InChI=1S/C42H45N11O5/c1-3-48-24-43-47-37(48)31-7-4-8-33(44-31)52-22-30-29(39(52)56)21-34(51-16-5-6-25(51)2)45-36(30)49-17-13-42(14-18-49)15-19-50(23-42)26-9-10-27-28(20-26)41(58)53(40(27)57)32-11-12-35(54)46-38(32)55/h4,7-10,20-21,24-25,32H,3,5-6,11-19,22-23H2,1-2H3,(H,46,54,55)/t25-,32?/m1/s1. The largest absolute Gasteiger partial charge is 0.371 e. The van der Waals surface area contributed by atoms with E-state index in [1.54, 1.807) is 23.4 Å². The minimum atomic E-state index is -0.993. The Morgan fingerprint density at radius 2 is 1.62 bits per heavy atom. The van der Waals surface area contributed by atoms with Crippen LogP contribution in [0.2, 0.25) is 0 Å². The molecule has 5 amide bonds. The monoisotopic (exact) mass is 783 g/mol. The van der Waals surface area contributed by atoms with Gasteiger partial charge in [-0.3, -0.25) is 39.1 Å². The van der Waals surface area contributed by atoms with Crippen molar-refractivity contribution in [2.75, 3.05) is 52.3 Å². The molecule has 0 saturated carbocycles. The number of fused-ring (bicyclic) bond motifs is 2. The van der Waals surface area contributed by atoms with E-state index < -0.39 is 29.7 Å². The average molecular weight is 784 g/mol. The maximum atomic E-state index is 14.3. The molecular weight excluding hydrogens is 739 g/mol. The molecule has 4 aromatic rings. The van der Waals surface area contributed by atoms with Crippen molar-refractivity contribution in [3.05, 3.63) is 71.0 Å². The van der Waals surface area contributed by atoms with E-state index >= 15 is 0 Å². The number of carbonyl (C=O) groups is 5. The smallest absolute Gasteiger partial charge is 0.262 e. The molecule has 6 aliphatic heterocycles. The number of aryl methyl sites for hydroxylation is 1. The molecule has 16 nitrogen and oxygen atoms in total. The third kappa shape index (κ3) is 5.82. The van der Waals surface area contributed by atoms with Gasteiger partial charge in [0.05, 0.1) is 23.2 Å². The van der Waals surface area contributed by atoms with Crippen LogP contribution in [0.1, 0.15) is 95.4 Å². The number of hydrogen-bond donors (Lipinski definition) is 1. The van der Waals surface area contributed by atoms with Crippen molar-refractivity contribution in [3.63, 3.8) is 0 Å². The van der Waals surface area contributed by atoms with Gasteiger partial charge in [0, 0.05) is 63.0 Å². The van der Waals surface area contributed by atoms with E-state index in [-0.39, 0.29) is 29.7 Å². The number of aromatic nitrogens is 5. The van der Waals surface area contributed by atoms with Gasteiger partial charge in [-0.2, -0.15) is 0 Å². The Kier molecular flexibility index (Phi) is 8.56. The van der Waals surface area contributed by atoms with E-state index in [4.69, 9.17) is 9.97 Å². The molecule has 1 N–H and O–H groups in total. The predicted octanol–water partition coefficient (Wildman–Crippen LogP) is 3.80. The number of anilines is 4. The van der Waals surface area contributed by atoms with Crippen LogP contribution in [0.15, 0.2) is 48.8 Å². The molecule has 16 heteroatoms. The molecule has 9 heterocycles. The number of pyridine rings is 2. The second-order valence-corrected chi connectivity index (χ2v) is 16.6. The molecule has 6 aliphatic rings. The van der Waals surface area contributed by atoms with Gasteiger partial charge in [-0.05, 0) is 94.2 Å². The summed E-state index contributed by atoms with van der Waals surface area (Å²) in [5.41, 5.74) is 3.78. The summed E-state index contributed by atoms with van der Waals surface area (Å²) in [5.74, 6) is 0.858. The van der Waals surface area contributed by atoms with Crippen molar-refractivity contribution >= 4 is 52.7 Å². The lowest BCUT2D eigenvalue weighted by molar-refractivity contribution is -0.136. The number of nitrogens with zero attached hydrogens (tertiary/aromatic N) is 10. The summed E-state index contributed by atoms with van der Waals surface area (Å²) in [6, 6.07) is 12.4. The highest BCUT2D eigenvalue weighted by atomic mass is 16.2. The Labute approximate surface area is 335 Å². The van der Waals surface area contributed by atoms with E-state index in [2.05, 4.69) is 37.1 Å². The average Bonchev–Trinajstić information content (AvgIpc) is 4.08. The lowest BCUT2D eigenvalue weighted by Gasteiger charge is -2.40. The van der Waals surface area contributed by atoms with Crippen molar-refractivity contribution in [3.8, 4) is 11.5 Å². The van der Waals surface area contributed by atoms with E-state index in [9.17, 15) is 24.0 Å². The Morgan fingerprint density at radius 1 is 0.828 bits per heavy atom. The molecule has 298 valence electrons. The maximum Gasteiger partial charge on any atom is 0.262 e. The maximum absolute atomic E-state index is 14.3. The molecule has 10 rings (SSSR count). The Morgan fingerprint density at radius 3 is 2.38 bits per heavy atom. The van der Waals surface area contributed by atoms with Crippen LogP contribution in [-0.2, 0) is 22.7 Å². The molecule has 0 aliphatic carbocycles. The summed E-state index contributed by atoms with van der Waals surface area (Å²) in [7, 11) is 0. The fourth-order valence-corrected chi connectivity index (χ4v) is 9.93. The zero-order valence-corrected chi connectivity index (χ0v) is 32.7. The lowest BCUT2D eigenvalue weighted by Crippen LogP contribution is -2.54. The Balaban J connectivity index is 0.879. The molecule has 2 atom stereocenters. The third-order valence-corrected chi connectivity index (χ3v) is 13.3. The van der Waals surface area contributed by atoms with Crippen LogP contribution < -0.4 is 24.9 Å². The van der Waals surface area contributed by atoms with Gasteiger partial charge < -0.3 is 19.3 Å². The summed E-state index contributed by atoms with van der Waals surface area (Å²) in [6.07, 6.45) is 6.93. The van der Waals surface area contributed by atoms with Gasteiger partial charge >= 0.3 is 0 Å².